The van der Waals surface area contributed by atoms with E-state index in [9.17, 15) is 4.39 Å². The lowest BCUT2D eigenvalue weighted by Crippen LogP contribution is -2.42. The Bertz CT molecular complexity index is 481. The van der Waals surface area contributed by atoms with E-state index in [4.69, 9.17) is 11.0 Å². The lowest BCUT2D eigenvalue weighted by Gasteiger charge is -2.36. The van der Waals surface area contributed by atoms with Gasteiger partial charge >= 0.3 is 0 Å². The second-order valence-corrected chi connectivity index (χ2v) is 5.41. The number of piperidine rings is 1. The van der Waals surface area contributed by atoms with Crippen LogP contribution in [-0.4, -0.2) is 24.5 Å². The minimum absolute atomic E-state index is 0.283. The zero-order valence-corrected chi connectivity index (χ0v) is 11.3. The predicted molar refractivity (Wildman–Crippen MR) is 72.7 cm³/mol. The first-order valence-corrected chi connectivity index (χ1v) is 6.75. The number of likely N-dealkylation sites (tertiary alicyclic amines) is 1. The average molecular weight is 261 g/mol. The van der Waals surface area contributed by atoms with Crippen LogP contribution >= 0.6 is 0 Å². The van der Waals surface area contributed by atoms with E-state index in [-0.39, 0.29) is 5.82 Å². The van der Waals surface area contributed by atoms with E-state index in [1.54, 1.807) is 6.07 Å². The Hall–Kier alpha value is -1.44. The molecule has 0 radical (unpaired) electrons. The van der Waals surface area contributed by atoms with E-state index >= 15 is 0 Å². The van der Waals surface area contributed by atoms with Gasteiger partial charge in [0.05, 0.1) is 11.6 Å². The molecule has 1 aliphatic heterocycles. The summed E-state index contributed by atoms with van der Waals surface area (Å²) in [6, 6.07) is 6.48. The van der Waals surface area contributed by atoms with E-state index < -0.39 is 0 Å². The summed E-state index contributed by atoms with van der Waals surface area (Å²) in [4.78, 5) is 2.27. The van der Waals surface area contributed by atoms with Crippen LogP contribution in [0.4, 0.5) is 4.39 Å². The van der Waals surface area contributed by atoms with E-state index in [1.807, 2.05) is 0 Å². The normalized spacial score (nSPS) is 24.1. The fourth-order valence-corrected chi connectivity index (χ4v) is 2.72. The highest BCUT2D eigenvalue weighted by Crippen LogP contribution is 2.24. The molecule has 0 saturated carbocycles. The highest BCUT2D eigenvalue weighted by atomic mass is 19.1. The zero-order valence-electron chi connectivity index (χ0n) is 11.3. The van der Waals surface area contributed by atoms with Crippen molar-refractivity contribution in [2.75, 3.05) is 19.6 Å². The number of halogens is 1. The molecule has 2 rings (SSSR count). The largest absolute Gasteiger partial charge is 0.330 e. The molecule has 2 N–H and O–H groups in total. The van der Waals surface area contributed by atoms with Crippen molar-refractivity contribution in [2.24, 2.45) is 17.6 Å². The van der Waals surface area contributed by atoms with Crippen molar-refractivity contribution in [1.82, 2.24) is 4.90 Å². The fraction of sp³-hybridized carbons (Fsp3) is 0.533. The van der Waals surface area contributed by atoms with Crippen LogP contribution in [0.2, 0.25) is 0 Å². The Labute approximate surface area is 113 Å². The maximum Gasteiger partial charge on any atom is 0.123 e. The highest BCUT2D eigenvalue weighted by molar-refractivity contribution is 5.37. The highest BCUT2D eigenvalue weighted by Gasteiger charge is 2.25. The van der Waals surface area contributed by atoms with Crippen molar-refractivity contribution in [1.29, 1.82) is 5.26 Å². The van der Waals surface area contributed by atoms with Gasteiger partial charge in [-0.3, -0.25) is 4.90 Å². The summed E-state index contributed by atoms with van der Waals surface area (Å²) in [7, 11) is 0. The van der Waals surface area contributed by atoms with E-state index in [0.717, 1.165) is 25.1 Å². The lowest BCUT2D eigenvalue weighted by molar-refractivity contribution is 0.126. The molecular formula is C15H20FN3. The molecule has 1 aromatic rings. The molecule has 1 saturated heterocycles. The first-order valence-electron chi connectivity index (χ1n) is 6.75. The molecule has 1 heterocycles. The minimum atomic E-state index is -0.283. The third kappa shape index (κ3) is 3.31. The fourth-order valence-electron chi connectivity index (χ4n) is 2.72. The topological polar surface area (TPSA) is 53.0 Å². The Balaban J connectivity index is 2.09. The third-order valence-electron chi connectivity index (χ3n) is 4.08. The van der Waals surface area contributed by atoms with Gasteiger partial charge in [0.15, 0.2) is 0 Å². The number of hydrogen-bond acceptors (Lipinski definition) is 3. The second-order valence-electron chi connectivity index (χ2n) is 5.41. The van der Waals surface area contributed by atoms with Crippen molar-refractivity contribution < 1.29 is 4.39 Å². The summed E-state index contributed by atoms with van der Waals surface area (Å²) >= 11 is 0. The number of nitrogens with zero attached hydrogens (tertiary/aromatic N) is 2. The molecule has 0 spiro atoms. The molecule has 0 aromatic heterocycles. The van der Waals surface area contributed by atoms with Crippen molar-refractivity contribution in [3.05, 3.63) is 35.1 Å². The van der Waals surface area contributed by atoms with E-state index in [2.05, 4.69) is 17.9 Å². The maximum atomic E-state index is 13.3. The molecule has 0 aliphatic carbocycles. The molecule has 1 aromatic carbocycles. The van der Waals surface area contributed by atoms with Gasteiger partial charge in [0.2, 0.25) is 0 Å². The number of rotatable bonds is 3. The molecule has 19 heavy (non-hydrogen) atoms. The first kappa shape index (κ1) is 14.0. The predicted octanol–water partition coefficient (Wildman–Crippen LogP) is 2.11. The van der Waals surface area contributed by atoms with Gasteiger partial charge in [-0.05, 0) is 55.1 Å². The quantitative estimate of drug-likeness (QED) is 0.906. The Morgan fingerprint density at radius 2 is 2.32 bits per heavy atom. The van der Waals surface area contributed by atoms with Crippen molar-refractivity contribution >= 4 is 0 Å². The summed E-state index contributed by atoms with van der Waals surface area (Å²) < 4.78 is 13.3. The monoisotopic (exact) mass is 261 g/mol. The van der Waals surface area contributed by atoms with Crippen LogP contribution < -0.4 is 5.73 Å². The van der Waals surface area contributed by atoms with Crippen LogP contribution in [0.1, 0.15) is 24.5 Å². The first-order chi connectivity index (χ1) is 9.13. The molecular weight excluding hydrogens is 241 g/mol. The van der Waals surface area contributed by atoms with Crippen molar-refractivity contribution in [3.8, 4) is 6.07 Å². The zero-order chi connectivity index (χ0) is 13.8. The molecule has 2 unspecified atom stereocenters. The van der Waals surface area contributed by atoms with Gasteiger partial charge in [-0.2, -0.15) is 5.26 Å². The average Bonchev–Trinajstić information content (AvgIpc) is 2.41. The maximum absolute atomic E-state index is 13.3. The molecule has 4 heteroatoms. The van der Waals surface area contributed by atoms with Gasteiger partial charge in [-0.1, -0.05) is 6.92 Å². The van der Waals surface area contributed by atoms with Crippen molar-refractivity contribution in [3.63, 3.8) is 0 Å². The third-order valence-corrected chi connectivity index (χ3v) is 4.08. The molecule has 3 nitrogen and oxygen atoms in total. The molecule has 0 bridgehead atoms. The number of benzene rings is 1. The summed E-state index contributed by atoms with van der Waals surface area (Å²) in [6.07, 6.45) is 1.11. The van der Waals surface area contributed by atoms with Crippen LogP contribution in [0.25, 0.3) is 0 Å². The van der Waals surface area contributed by atoms with Crippen LogP contribution in [0.15, 0.2) is 18.2 Å². The SMILES string of the molecule is CC1CCN(Cc2cc(F)ccc2C#N)CC1CN. The van der Waals surface area contributed by atoms with E-state index in [1.165, 1.54) is 12.1 Å². The molecule has 1 fully saturated rings. The van der Waals surface area contributed by atoms with Crippen LogP contribution in [-0.2, 0) is 6.54 Å². The summed E-state index contributed by atoms with van der Waals surface area (Å²) in [5.74, 6) is 0.854. The Morgan fingerprint density at radius 3 is 3.00 bits per heavy atom. The smallest absolute Gasteiger partial charge is 0.123 e. The summed E-state index contributed by atoms with van der Waals surface area (Å²) in [5, 5.41) is 9.07. The minimum Gasteiger partial charge on any atom is -0.330 e. The van der Waals surface area contributed by atoms with Gasteiger partial charge in [0, 0.05) is 13.1 Å². The van der Waals surface area contributed by atoms with Gasteiger partial charge in [0.1, 0.15) is 5.82 Å². The summed E-state index contributed by atoms with van der Waals surface area (Å²) in [5.41, 5.74) is 7.12. The summed E-state index contributed by atoms with van der Waals surface area (Å²) in [6.45, 7) is 5.46. The Morgan fingerprint density at radius 1 is 1.53 bits per heavy atom. The van der Waals surface area contributed by atoms with Crippen LogP contribution in [0, 0.1) is 29.0 Å². The molecule has 2 atom stereocenters. The van der Waals surface area contributed by atoms with Crippen LogP contribution in [0.3, 0.4) is 0 Å². The van der Waals surface area contributed by atoms with Gasteiger partial charge in [0.25, 0.3) is 0 Å². The Kier molecular flexibility index (Phi) is 4.52. The molecule has 1 aliphatic rings. The molecule has 102 valence electrons. The lowest BCUT2D eigenvalue weighted by atomic mass is 9.87. The van der Waals surface area contributed by atoms with Gasteiger partial charge in [-0.15, -0.1) is 0 Å². The van der Waals surface area contributed by atoms with E-state index in [0.29, 0.717) is 30.5 Å². The number of nitrogens with two attached hydrogens (primary N) is 1. The second kappa shape index (κ2) is 6.14. The standard InChI is InChI=1S/C15H20FN3/c1-11-4-5-19(10-14(11)8-18)9-13-6-15(16)3-2-12(13)7-17/h2-3,6,11,14H,4-5,8-10,18H2,1H3. The molecule has 0 amide bonds. The van der Waals surface area contributed by atoms with Gasteiger partial charge < -0.3 is 5.73 Å². The number of nitriles is 1. The van der Waals surface area contributed by atoms with Gasteiger partial charge in [-0.25, -0.2) is 4.39 Å². The van der Waals surface area contributed by atoms with Crippen LogP contribution in [0.5, 0.6) is 0 Å². The number of hydrogen-bond donors (Lipinski definition) is 1. The van der Waals surface area contributed by atoms with Crippen molar-refractivity contribution in [2.45, 2.75) is 19.9 Å².